The number of hydrogen-bond acceptors (Lipinski definition) is 5. The predicted octanol–water partition coefficient (Wildman–Crippen LogP) is 4.19. The van der Waals surface area contributed by atoms with Crippen molar-refractivity contribution >= 4 is 17.9 Å². The number of carbonyl (C=O) groups is 3. The first-order valence-corrected chi connectivity index (χ1v) is 14.0. The van der Waals surface area contributed by atoms with E-state index in [1.165, 1.54) is 16.2 Å². The lowest BCUT2D eigenvalue weighted by Gasteiger charge is -2.57. The Hall–Kier alpha value is -3.15. The third-order valence-corrected chi connectivity index (χ3v) is 9.31. The van der Waals surface area contributed by atoms with E-state index in [4.69, 9.17) is 4.74 Å². The molecule has 5 fully saturated rings. The van der Waals surface area contributed by atoms with Crippen molar-refractivity contribution in [1.29, 1.82) is 5.26 Å². The molecule has 6 rings (SSSR count). The summed E-state index contributed by atoms with van der Waals surface area (Å²) in [5.41, 5.74) is -0.137. The largest absolute Gasteiger partial charge is 0.445 e. The molecule has 8 nitrogen and oxygen atoms in total. The maximum atomic E-state index is 14.1. The van der Waals surface area contributed by atoms with Crippen molar-refractivity contribution in [2.75, 3.05) is 26.2 Å². The summed E-state index contributed by atoms with van der Waals surface area (Å²) in [5.74, 6) is -0.183. The molecule has 2 aliphatic heterocycles. The first-order valence-electron chi connectivity index (χ1n) is 14.0. The first-order chi connectivity index (χ1) is 18.4. The molecule has 2 saturated heterocycles. The van der Waals surface area contributed by atoms with Gasteiger partial charge in [0.25, 0.3) is 0 Å². The standard InChI is InChI=1S/C29H37FN4O4/c30-23-17-24(18-31)33(19-23)25(35)20-34(27(37)38-21-22-7-3-1-4-8-22)29-12-9-28(10-13-29,11-14-29)26(36)32-15-5-2-6-16-32/h1,3-4,7-8,23-24H,2,5-6,9-17,19-21H2/t23-,24-,28?,29?/m0/s1. The average Bonchev–Trinajstić information content (AvgIpc) is 3.36. The SMILES string of the molecule is N#C[C@@H]1C[C@H](F)CN1C(=O)CN(C(=O)OCc1ccccc1)C12CCC(C(=O)N3CCCCC3)(CC1)CC2. The Bertz CT molecular complexity index is 1060. The van der Waals surface area contributed by atoms with Gasteiger partial charge < -0.3 is 14.5 Å². The number of hydrogen-bond donors (Lipinski definition) is 0. The molecular formula is C29H37FN4O4. The van der Waals surface area contributed by atoms with Gasteiger partial charge in [0.2, 0.25) is 11.8 Å². The zero-order valence-electron chi connectivity index (χ0n) is 21.9. The Balaban J connectivity index is 1.33. The Morgan fingerprint density at radius 2 is 1.68 bits per heavy atom. The van der Waals surface area contributed by atoms with Gasteiger partial charge in [0.05, 0.1) is 12.6 Å². The first kappa shape index (κ1) is 26.5. The van der Waals surface area contributed by atoms with Gasteiger partial charge in [0.1, 0.15) is 25.4 Å². The van der Waals surface area contributed by atoms with Crippen LogP contribution in [0.2, 0.25) is 0 Å². The molecule has 3 saturated carbocycles. The van der Waals surface area contributed by atoms with Crippen LogP contribution in [0.4, 0.5) is 9.18 Å². The highest BCUT2D eigenvalue weighted by molar-refractivity contribution is 5.85. The number of likely N-dealkylation sites (tertiary alicyclic amines) is 2. The van der Waals surface area contributed by atoms with Crippen LogP contribution in [0.3, 0.4) is 0 Å². The fraction of sp³-hybridized carbons (Fsp3) is 0.655. The summed E-state index contributed by atoms with van der Waals surface area (Å²) in [6.07, 6.45) is 5.32. The van der Waals surface area contributed by atoms with Crippen LogP contribution in [0.1, 0.15) is 69.8 Å². The van der Waals surface area contributed by atoms with E-state index in [2.05, 4.69) is 0 Å². The van der Waals surface area contributed by atoms with E-state index in [1.54, 1.807) is 0 Å². The summed E-state index contributed by atoms with van der Waals surface area (Å²) in [4.78, 5) is 45.2. The van der Waals surface area contributed by atoms with Crippen molar-refractivity contribution in [2.24, 2.45) is 5.41 Å². The zero-order valence-corrected chi connectivity index (χ0v) is 21.9. The van der Waals surface area contributed by atoms with Crippen molar-refractivity contribution in [2.45, 2.75) is 88.6 Å². The third-order valence-electron chi connectivity index (χ3n) is 9.31. The van der Waals surface area contributed by atoms with Crippen LogP contribution >= 0.6 is 0 Å². The van der Waals surface area contributed by atoms with E-state index in [1.807, 2.05) is 41.3 Å². The van der Waals surface area contributed by atoms with Gasteiger partial charge in [-0.25, -0.2) is 9.18 Å². The number of benzene rings is 1. The lowest BCUT2D eigenvalue weighted by atomic mass is 9.56. The molecule has 0 N–H and O–H groups in total. The Morgan fingerprint density at radius 3 is 2.32 bits per heavy atom. The number of nitriles is 1. The number of carbonyl (C=O) groups excluding carboxylic acids is 3. The third kappa shape index (κ3) is 5.10. The van der Waals surface area contributed by atoms with Crippen LogP contribution in [0.15, 0.2) is 30.3 Å². The van der Waals surface area contributed by atoms with Gasteiger partial charge in [-0.3, -0.25) is 14.5 Å². The van der Waals surface area contributed by atoms with E-state index in [0.29, 0.717) is 38.5 Å². The number of alkyl halides is 1. The van der Waals surface area contributed by atoms with Gasteiger partial charge >= 0.3 is 6.09 Å². The quantitative estimate of drug-likeness (QED) is 0.556. The molecule has 2 bridgehead atoms. The Kier molecular flexibility index (Phi) is 7.60. The van der Waals surface area contributed by atoms with Crippen molar-refractivity contribution in [1.82, 2.24) is 14.7 Å². The number of piperidine rings is 1. The molecule has 2 atom stereocenters. The minimum atomic E-state index is -1.24. The predicted molar refractivity (Wildman–Crippen MR) is 137 cm³/mol. The lowest BCUT2D eigenvalue weighted by molar-refractivity contribution is -0.155. The van der Waals surface area contributed by atoms with E-state index in [9.17, 15) is 24.0 Å². The van der Waals surface area contributed by atoms with Gasteiger partial charge in [0.15, 0.2) is 0 Å². The number of ether oxygens (including phenoxy) is 1. The molecule has 1 aromatic rings. The molecule has 0 radical (unpaired) electrons. The molecule has 0 unspecified atom stereocenters. The summed E-state index contributed by atoms with van der Waals surface area (Å²) in [6.45, 7) is 1.33. The van der Waals surface area contributed by atoms with Crippen LogP contribution in [-0.2, 0) is 20.9 Å². The fourth-order valence-electron chi connectivity index (χ4n) is 6.96. The van der Waals surface area contributed by atoms with Gasteiger partial charge in [-0.05, 0) is 63.4 Å². The molecule has 1 aromatic carbocycles. The average molecular weight is 525 g/mol. The molecule has 0 aromatic heterocycles. The molecule has 3 amide bonds. The summed E-state index contributed by atoms with van der Waals surface area (Å²) in [5, 5.41) is 9.44. The number of rotatable bonds is 6. The summed E-state index contributed by atoms with van der Waals surface area (Å²) >= 11 is 0. The Morgan fingerprint density at radius 1 is 1.03 bits per heavy atom. The highest BCUT2D eigenvalue weighted by atomic mass is 19.1. The highest BCUT2D eigenvalue weighted by Gasteiger charge is 2.57. The van der Waals surface area contributed by atoms with E-state index in [0.717, 1.165) is 31.5 Å². The second-order valence-electron chi connectivity index (χ2n) is 11.5. The summed E-state index contributed by atoms with van der Waals surface area (Å²) in [7, 11) is 0. The molecule has 9 heteroatoms. The minimum Gasteiger partial charge on any atom is -0.445 e. The monoisotopic (exact) mass is 524 g/mol. The molecule has 2 heterocycles. The van der Waals surface area contributed by atoms with Crippen LogP contribution in [0.5, 0.6) is 0 Å². The zero-order chi connectivity index (χ0) is 26.8. The number of fused-ring (bicyclic) bond motifs is 3. The van der Waals surface area contributed by atoms with Crippen molar-refractivity contribution < 1.29 is 23.5 Å². The molecular weight excluding hydrogens is 487 g/mol. The summed E-state index contributed by atoms with van der Waals surface area (Å²) in [6, 6.07) is 10.5. The summed E-state index contributed by atoms with van der Waals surface area (Å²) < 4.78 is 19.8. The van der Waals surface area contributed by atoms with Gasteiger partial charge in [-0.15, -0.1) is 0 Å². The molecule has 3 aliphatic carbocycles. The van der Waals surface area contributed by atoms with E-state index in [-0.39, 0.29) is 37.4 Å². The van der Waals surface area contributed by atoms with Crippen molar-refractivity contribution in [3.8, 4) is 6.07 Å². The number of amides is 3. The fourth-order valence-corrected chi connectivity index (χ4v) is 6.96. The second-order valence-corrected chi connectivity index (χ2v) is 11.5. The van der Waals surface area contributed by atoms with E-state index < -0.39 is 29.8 Å². The number of nitrogens with zero attached hydrogens (tertiary/aromatic N) is 4. The van der Waals surface area contributed by atoms with Crippen molar-refractivity contribution in [3.63, 3.8) is 0 Å². The van der Waals surface area contributed by atoms with Crippen LogP contribution in [0, 0.1) is 16.7 Å². The minimum absolute atomic E-state index is 0.00698. The van der Waals surface area contributed by atoms with Crippen LogP contribution in [-0.4, -0.2) is 76.5 Å². The maximum Gasteiger partial charge on any atom is 0.411 e. The molecule has 204 valence electrons. The molecule has 38 heavy (non-hydrogen) atoms. The highest BCUT2D eigenvalue weighted by Crippen LogP contribution is 2.55. The van der Waals surface area contributed by atoms with Gasteiger partial charge in [-0.2, -0.15) is 5.26 Å². The molecule has 5 aliphatic rings. The van der Waals surface area contributed by atoms with Crippen LogP contribution in [0.25, 0.3) is 0 Å². The Labute approximate surface area is 223 Å². The van der Waals surface area contributed by atoms with E-state index >= 15 is 0 Å². The van der Waals surface area contributed by atoms with Crippen molar-refractivity contribution in [3.05, 3.63) is 35.9 Å². The molecule has 0 spiro atoms. The topological polar surface area (TPSA) is 94.0 Å². The lowest BCUT2D eigenvalue weighted by Crippen LogP contribution is -2.63. The normalized spacial score (nSPS) is 30.5. The van der Waals surface area contributed by atoms with Crippen LogP contribution < -0.4 is 0 Å². The smallest absolute Gasteiger partial charge is 0.411 e. The maximum absolute atomic E-state index is 14.1. The van der Waals surface area contributed by atoms with Gasteiger partial charge in [-0.1, -0.05) is 30.3 Å². The van der Waals surface area contributed by atoms with Gasteiger partial charge in [0, 0.05) is 30.5 Å². The second kappa shape index (κ2) is 10.9. The number of halogens is 1.